The molecule has 2 fully saturated rings. The van der Waals surface area contributed by atoms with E-state index in [4.69, 9.17) is 11.6 Å². The molecule has 9 nitrogen and oxygen atoms in total. The fraction of sp³-hybridized carbons (Fsp3) is 0.308. The van der Waals surface area contributed by atoms with Crippen molar-refractivity contribution >= 4 is 34.9 Å². The molecule has 0 unspecified atom stereocenters. The largest absolute Gasteiger partial charge is 0.487 e. The number of alkyl halides is 3. The van der Waals surface area contributed by atoms with Gasteiger partial charge >= 0.3 is 5.57 Å². The van der Waals surface area contributed by atoms with Crippen molar-refractivity contribution in [3.8, 4) is 16.9 Å². The number of nitrogens with zero attached hydrogens (tertiary/aromatic N) is 4. The van der Waals surface area contributed by atoms with E-state index in [-0.39, 0.29) is 23.3 Å². The predicted molar refractivity (Wildman–Crippen MR) is 134 cm³/mol. The minimum Gasteiger partial charge on any atom is -0.420 e. The van der Waals surface area contributed by atoms with Crippen LogP contribution in [-0.2, 0) is 6.54 Å². The normalized spacial score (nSPS) is 17.3. The molecule has 2 amide bonds. The Hall–Kier alpha value is -3.83. The first-order chi connectivity index (χ1) is 18.1. The number of rotatable bonds is 7. The van der Waals surface area contributed by atoms with Crippen molar-refractivity contribution in [1.82, 2.24) is 14.9 Å². The topological polar surface area (TPSA) is 108 Å². The van der Waals surface area contributed by atoms with E-state index in [1.54, 1.807) is 18.3 Å². The Morgan fingerprint density at radius 1 is 1.11 bits per heavy atom. The number of fused-ring (bicyclic) bond motifs is 1. The molecule has 3 aromatic rings. The summed E-state index contributed by atoms with van der Waals surface area (Å²) in [6.45, 7) is 1.29. The average molecular weight is 542 g/mol. The van der Waals surface area contributed by atoms with E-state index in [0.29, 0.717) is 47.8 Å². The maximum Gasteiger partial charge on any atom is 0.487 e. The summed E-state index contributed by atoms with van der Waals surface area (Å²) in [5.41, 5.74) is -0.738. The van der Waals surface area contributed by atoms with Crippen LogP contribution < -0.4 is 15.0 Å². The zero-order valence-corrected chi connectivity index (χ0v) is 20.7. The number of pyridine rings is 2. The smallest absolute Gasteiger partial charge is 0.420 e. The van der Waals surface area contributed by atoms with Crippen molar-refractivity contribution in [2.75, 3.05) is 23.3 Å². The average Bonchev–Trinajstić information content (AvgIpc) is 3.65. The van der Waals surface area contributed by atoms with Gasteiger partial charge in [0.25, 0.3) is 11.8 Å². The fourth-order valence-corrected chi connectivity index (χ4v) is 4.73. The number of aliphatic hydroxyl groups excluding tert-OH is 1. The zero-order valence-electron chi connectivity index (χ0n) is 19.9. The molecule has 1 aromatic carbocycles. The van der Waals surface area contributed by atoms with E-state index in [1.807, 2.05) is 9.80 Å². The van der Waals surface area contributed by atoms with Crippen LogP contribution in [0.4, 0.5) is 20.3 Å². The summed E-state index contributed by atoms with van der Waals surface area (Å²) in [4.78, 5) is 38.8. The molecule has 3 aliphatic rings. The lowest BCUT2D eigenvalue weighted by Crippen LogP contribution is -2.51. The standard InChI is InChI=1S/C26H22ClF2N5O4/c27-26(28,29)38-19-5-1-16(2-6-19)32-24(36)15-8-20(23(31-10-15)33-11-18(35)12-33)14-7-21-22(30-9-14)13-34(25(21)37)17-3-4-17/h1-2,5-10,17-18,35H,3-4,11-13H2,(H,32,36). The van der Waals surface area contributed by atoms with E-state index in [0.717, 1.165) is 18.5 Å². The number of nitrogens with one attached hydrogen (secondary N) is 1. The molecule has 2 aromatic heterocycles. The quantitative estimate of drug-likeness (QED) is 0.437. The molecule has 6 rings (SSSR count). The number of benzene rings is 1. The van der Waals surface area contributed by atoms with E-state index in [9.17, 15) is 23.5 Å². The molecular formula is C26H22ClF2N5O4. The Morgan fingerprint density at radius 3 is 2.50 bits per heavy atom. The van der Waals surface area contributed by atoms with Crippen LogP contribution in [0.1, 0.15) is 39.3 Å². The van der Waals surface area contributed by atoms with Crippen molar-refractivity contribution in [3.05, 3.63) is 65.6 Å². The van der Waals surface area contributed by atoms with Crippen LogP contribution in [0.3, 0.4) is 0 Å². The summed E-state index contributed by atoms with van der Waals surface area (Å²) < 4.78 is 30.0. The SMILES string of the molecule is O=C(Nc1ccc(OC(F)(F)Cl)cc1)c1cnc(N2CC(O)C2)c(-c2cnc3c(c2)C(=O)N(C2CC2)C3)c1. The highest BCUT2D eigenvalue weighted by molar-refractivity contribution is 6.20. The molecular weight excluding hydrogens is 520 g/mol. The Labute approximate surface area is 221 Å². The lowest BCUT2D eigenvalue weighted by Gasteiger charge is -2.38. The third kappa shape index (κ3) is 4.86. The van der Waals surface area contributed by atoms with Gasteiger partial charge in [0, 0.05) is 59.9 Å². The highest BCUT2D eigenvalue weighted by Gasteiger charge is 2.39. The number of hydrogen-bond acceptors (Lipinski definition) is 7. The first-order valence-electron chi connectivity index (χ1n) is 12.0. The van der Waals surface area contributed by atoms with Crippen molar-refractivity contribution in [2.45, 2.75) is 37.1 Å². The molecule has 38 heavy (non-hydrogen) atoms. The van der Waals surface area contributed by atoms with E-state index in [2.05, 4.69) is 20.0 Å². The van der Waals surface area contributed by atoms with E-state index >= 15 is 0 Å². The van der Waals surface area contributed by atoms with Gasteiger partial charge in [0.05, 0.1) is 29.5 Å². The van der Waals surface area contributed by atoms with Crippen molar-refractivity contribution in [1.29, 1.82) is 0 Å². The third-order valence-electron chi connectivity index (χ3n) is 6.72. The van der Waals surface area contributed by atoms with Crippen LogP contribution in [0, 0.1) is 0 Å². The van der Waals surface area contributed by atoms with Gasteiger partial charge in [0.15, 0.2) is 0 Å². The molecule has 1 aliphatic carbocycles. The minimum absolute atomic E-state index is 0.0426. The molecule has 2 aliphatic heterocycles. The molecule has 0 atom stereocenters. The molecule has 4 heterocycles. The number of carbonyl (C=O) groups is 2. The molecule has 2 N–H and O–H groups in total. The number of amides is 2. The third-order valence-corrected chi connectivity index (χ3v) is 6.79. The second kappa shape index (κ2) is 9.17. The van der Waals surface area contributed by atoms with Crippen LogP contribution in [0.2, 0.25) is 0 Å². The minimum atomic E-state index is -3.84. The first kappa shape index (κ1) is 24.5. The molecule has 0 radical (unpaired) electrons. The highest BCUT2D eigenvalue weighted by Crippen LogP contribution is 2.37. The van der Waals surface area contributed by atoms with Crippen LogP contribution >= 0.6 is 11.6 Å². The highest BCUT2D eigenvalue weighted by atomic mass is 35.5. The summed E-state index contributed by atoms with van der Waals surface area (Å²) in [6.07, 6.45) is 4.64. The Balaban J connectivity index is 1.28. The number of ether oxygens (including phenoxy) is 1. The fourth-order valence-electron chi connectivity index (χ4n) is 4.64. The number of anilines is 2. The summed E-state index contributed by atoms with van der Waals surface area (Å²) in [5, 5.41) is 12.5. The number of aromatic nitrogens is 2. The number of carbonyl (C=O) groups excluding carboxylic acids is 2. The van der Waals surface area contributed by atoms with Crippen molar-refractivity contribution in [3.63, 3.8) is 0 Å². The number of aliphatic hydroxyl groups is 1. The Morgan fingerprint density at radius 2 is 1.84 bits per heavy atom. The molecule has 1 saturated heterocycles. The van der Waals surface area contributed by atoms with Gasteiger partial charge in [-0.3, -0.25) is 14.6 Å². The van der Waals surface area contributed by atoms with Gasteiger partial charge in [-0.25, -0.2) is 4.98 Å². The van der Waals surface area contributed by atoms with Crippen LogP contribution in [0.25, 0.3) is 11.1 Å². The van der Waals surface area contributed by atoms with E-state index < -0.39 is 17.6 Å². The zero-order chi connectivity index (χ0) is 26.6. The second-order valence-corrected chi connectivity index (χ2v) is 10.0. The lowest BCUT2D eigenvalue weighted by atomic mass is 10.0. The summed E-state index contributed by atoms with van der Waals surface area (Å²) in [7, 11) is 0. The lowest BCUT2D eigenvalue weighted by molar-refractivity contribution is -0.0964. The van der Waals surface area contributed by atoms with Gasteiger partial charge in [0.1, 0.15) is 11.6 Å². The van der Waals surface area contributed by atoms with Crippen molar-refractivity contribution in [2.24, 2.45) is 0 Å². The van der Waals surface area contributed by atoms with E-state index in [1.165, 1.54) is 30.5 Å². The van der Waals surface area contributed by atoms with Crippen LogP contribution in [0.5, 0.6) is 5.75 Å². The number of hydrogen-bond donors (Lipinski definition) is 2. The number of halogens is 3. The molecule has 12 heteroatoms. The Bertz CT molecular complexity index is 1420. The Kier molecular flexibility index (Phi) is 5.92. The van der Waals surface area contributed by atoms with Gasteiger partial charge in [0.2, 0.25) is 0 Å². The van der Waals surface area contributed by atoms with Crippen molar-refractivity contribution < 1.29 is 28.2 Å². The maximum atomic E-state index is 13.0. The maximum absolute atomic E-state index is 13.0. The first-order valence-corrected chi connectivity index (χ1v) is 12.4. The molecule has 1 saturated carbocycles. The molecule has 0 spiro atoms. The summed E-state index contributed by atoms with van der Waals surface area (Å²) >= 11 is 4.78. The number of β-amino-alcohol motifs (C(OH)–C–C–N with tert-alkyl or cyclic N) is 1. The molecule has 0 bridgehead atoms. The van der Waals surface area contributed by atoms with Gasteiger partial charge in [-0.15, -0.1) is 8.78 Å². The van der Waals surface area contributed by atoms with Gasteiger partial charge in [-0.05, 0) is 49.2 Å². The van der Waals surface area contributed by atoms with Gasteiger partial charge in [-0.2, -0.15) is 0 Å². The second-order valence-electron chi connectivity index (χ2n) is 9.56. The molecule has 196 valence electrons. The monoisotopic (exact) mass is 541 g/mol. The van der Waals surface area contributed by atoms with Crippen LogP contribution in [0.15, 0.2) is 48.8 Å². The summed E-state index contributed by atoms with van der Waals surface area (Å²) in [6, 6.07) is 9.05. The van der Waals surface area contributed by atoms with Gasteiger partial charge < -0.3 is 25.0 Å². The summed E-state index contributed by atoms with van der Waals surface area (Å²) in [5.74, 6) is -0.108. The predicted octanol–water partition coefficient (Wildman–Crippen LogP) is 3.86. The van der Waals surface area contributed by atoms with Crippen LogP contribution in [-0.4, -0.2) is 62.6 Å². The van der Waals surface area contributed by atoms with Gasteiger partial charge in [-0.1, -0.05) is 0 Å².